The van der Waals surface area contributed by atoms with E-state index in [0.717, 1.165) is 68.0 Å². The first-order chi connectivity index (χ1) is 21.5. The van der Waals surface area contributed by atoms with Gasteiger partial charge in [0.1, 0.15) is 5.75 Å². The minimum atomic E-state index is -3.53. The van der Waals surface area contributed by atoms with Crippen molar-refractivity contribution in [2.75, 3.05) is 37.0 Å². The number of carbonyl (C=O) groups excluding carboxylic acids is 1. The number of aliphatic hydroxyl groups excluding tert-OH is 1. The molecular formula is C35H47ClN2O6S. The number of unbranched alkanes of at least 4 members (excludes halogenated alkanes) is 1. The Labute approximate surface area is 273 Å². The number of aliphatic hydroxyl groups is 1. The minimum absolute atomic E-state index is 0.0815. The molecular weight excluding hydrogens is 612 g/mol. The molecule has 2 aromatic carbocycles. The van der Waals surface area contributed by atoms with Crippen LogP contribution >= 0.6 is 11.6 Å². The molecule has 1 fully saturated rings. The van der Waals surface area contributed by atoms with Gasteiger partial charge in [-0.25, -0.2) is 18.4 Å². The summed E-state index contributed by atoms with van der Waals surface area (Å²) >= 11 is 6.41. The summed E-state index contributed by atoms with van der Waals surface area (Å²) in [5, 5.41) is 17.1. The van der Waals surface area contributed by atoms with Gasteiger partial charge in [-0.1, -0.05) is 50.1 Å². The summed E-state index contributed by atoms with van der Waals surface area (Å²) in [7, 11) is -3.53. The first-order valence-electron chi connectivity index (χ1n) is 16.3. The number of fused-ring (bicyclic) bond motifs is 3. The number of ether oxygens (including phenoxy) is 2. The third-order valence-electron chi connectivity index (χ3n) is 9.76. The number of aryl methyl sites for hydroxylation is 1. The summed E-state index contributed by atoms with van der Waals surface area (Å²) < 4.78 is 35.0. The highest BCUT2D eigenvalue weighted by molar-refractivity contribution is 7.89. The van der Waals surface area contributed by atoms with Crippen LogP contribution in [0.15, 0.2) is 48.6 Å². The van der Waals surface area contributed by atoms with Gasteiger partial charge >= 0.3 is 5.97 Å². The van der Waals surface area contributed by atoms with Crippen LogP contribution in [0.2, 0.25) is 5.02 Å². The van der Waals surface area contributed by atoms with E-state index in [4.69, 9.17) is 26.2 Å². The molecule has 1 aliphatic heterocycles. The highest BCUT2D eigenvalue weighted by atomic mass is 35.5. The smallest absolute Gasteiger partial charge is 0.338 e. The molecule has 3 aliphatic rings. The minimum Gasteiger partial charge on any atom is -0.490 e. The van der Waals surface area contributed by atoms with Crippen LogP contribution in [-0.4, -0.2) is 57.7 Å². The summed E-state index contributed by atoms with van der Waals surface area (Å²) in [5.74, 6) is 0.531. The highest BCUT2D eigenvalue weighted by Crippen LogP contribution is 2.46. The molecule has 5 rings (SSSR count). The van der Waals surface area contributed by atoms with Gasteiger partial charge in [-0.15, -0.1) is 0 Å². The molecule has 5 atom stereocenters. The van der Waals surface area contributed by atoms with Crippen LogP contribution in [0.25, 0.3) is 0 Å². The van der Waals surface area contributed by atoms with Gasteiger partial charge in [0.25, 0.3) is 0 Å². The number of sulfonamides is 1. The molecule has 0 bridgehead atoms. The second-order valence-electron chi connectivity index (χ2n) is 13.4. The van der Waals surface area contributed by atoms with Crippen molar-refractivity contribution < 1.29 is 27.8 Å². The van der Waals surface area contributed by atoms with E-state index in [0.29, 0.717) is 31.7 Å². The van der Waals surface area contributed by atoms with Crippen LogP contribution in [0.4, 0.5) is 5.69 Å². The lowest BCUT2D eigenvalue weighted by atomic mass is 9.68. The summed E-state index contributed by atoms with van der Waals surface area (Å²) in [6, 6.07) is 11.8. The standard InChI is InChI=1S/C35H47ClN2O6S/c1-3-4-17-43-34(40)26-11-15-33-31(19-26)38(22-35(23-44-33)16-6-8-25-18-28(36)12-14-30(25)35)20-27-10-13-29(27)32(39)9-5-7-24(2)21-45(37,41)42/h5,9,11-12,14-15,18-19,24,27,29,32,39H,3-4,6-8,10,13,16-17,20-23H2,1-2H3,(H2,37,41,42)/b9-5+/t24?,27-,29+,32?,35?/m0/s1. The second kappa shape index (κ2) is 14.4. The van der Waals surface area contributed by atoms with Crippen molar-refractivity contribution in [3.63, 3.8) is 0 Å². The zero-order valence-electron chi connectivity index (χ0n) is 26.4. The number of primary sulfonamides is 1. The summed E-state index contributed by atoms with van der Waals surface area (Å²) in [5.41, 5.74) is 3.69. The van der Waals surface area contributed by atoms with E-state index < -0.39 is 16.1 Å². The molecule has 1 spiro atoms. The Morgan fingerprint density at radius 1 is 1.27 bits per heavy atom. The van der Waals surface area contributed by atoms with Crippen molar-refractivity contribution in [2.45, 2.75) is 76.7 Å². The summed E-state index contributed by atoms with van der Waals surface area (Å²) in [6.45, 7) is 6.27. The van der Waals surface area contributed by atoms with Crippen molar-refractivity contribution in [1.29, 1.82) is 0 Å². The maximum Gasteiger partial charge on any atom is 0.338 e. The van der Waals surface area contributed by atoms with Crippen molar-refractivity contribution >= 4 is 33.3 Å². The lowest BCUT2D eigenvalue weighted by molar-refractivity contribution is 0.0456. The number of rotatable bonds is 12. The molecule has 2 aliphatic carbocycles. The number of nitrogens with zero attached hydrogens (tertiary/aromatic N) is 1. The molecule has 246 valence electrons. The Bertz CT molecular complexity index is 1500. The number of allylic oxidation sites excluding steroid dienone is 1. The molecule has 3 N–H and O–H groups in total. The van der Waals surface area contributed by atoms with Crippen molar-refractivity contribution in [3.05, 3.63) is 70.3 Å². The average Bonchev–Trinajstić information content (AvgIpc) is 3.11. The molecule has 10 heteroatoms. The predicted molar refractivity (Wildman–Crippen MR) is 179 cm³/mol. The Morgan fingerprint density at radius 3 is 2.82 bits per heavy atom. The predicted octanol–water partition coefficient (Wildman–Crippen LogP) is 6.03. The zero-order chi connectivity index (χ0) is 32.2. The third-order valence-corrected chi connectivity index (χ3v) is 11.0. The molecule has 0 amide bonds. The van der Waals surface area contributed by atoms with E-state index in [2.05, 4.69) is 24.0 Å². The maximum atomic E-state index is 13.0. The number of hydrogen-bond donors (Lipinski definition) is 2. The average molecular weight is 659 g/mol. The number of anilines is 1. The van der Waals surface area contributed by atoms with Crippen LogP contribution in [-0.2, 0) is 26.6 Å². The fourth-order valence-electron chi connectivity index (χ4n) is 7.25. The van der Waals surface area contributed by atoms with Crippen molar-refractivity contribution in [3.8, 4) is 5.75 Å². The zero-order valence-corrected chi connectivity index (χ0v) is 28.0. The van der Waals surface area contributed by atoms with E-state index in [9.17, 15) is 18.3 Å². The van der Waals surface area contributed by atoms with Gasteiger partial charge in [0.2, 0.25) is 10.0 Å². The summed E-state index contributed by atoms with van der Waals surface area (Å²) in [4.78, 5) is 15.3. The molecule has 45 heavy (non-hydrogen) atoms. The maximum absolute atomic E-state index is 13.0. The largest absolute Gasteiger partial charge is 0.490 e. The summed E-state index contributed by atoms with van der Waals surface area (Å²) in [6.07, 6.45) is 10.3. The first kappa shape index (κ1) is 33.8. The van der Waals surface area contributed by atoms with Gasteiger partial charge in [0.05, 0.1) is 36.3 Å². The molecule has 3 unspecified atom stereocenters. The first-order valence-corrected chi connectivity index (χ1v) is 18.4. The van der Waals surface area contributed by atoms with Gasteiger partial charge in [-0.05, 0) is 104 Å². The number of esters is 1. The van der Waals surface area contributed by atoms with E-state index in [1.165, 1.54) is 11.1 Å². The number of benzene rings is 2. The van der Waals surface area contributed by atoms with Crippen LogP contribution in [0.5, 0.6) is 5.75 Å². The highest BCUT2D eigenvalue weighted by Gasteiger charge is 2.44. The van der Waals surface area contributed by atoms with E-state index in [1.807, 2.05) is 37.3 Å². The van der Waals surface area contributed by atoms with E-state index in [1.54, 1.807) is 6.07 Å². The van der Waals surface area contributed by atoms with Crippen LogP contribution in [0, 0.1) is 17.8 Å². The monoisotopic (exact) mass is 658 g/mol. The molecule has 0 aromatic heterocycles. The lowest BCUT2D eigenvalue weighted by Crippen LogP contribution is -2.49. The van der Waals surface area contributed by atoms with E-state index in [-0.39, 0.29) is 34.9 Å². The fraction of sp³-hybridized carbons (Fsp3) is 0.571. The quantitative estimate of drug-likeness (QED) is 0.162. The third kappa shape index (κ3) is 8.23. The fourth-order valence-corrected chi connectivity index (χ4v) is 8.37. The van der Waals surface area contributed by atoms with Crippen molar-refractivity contribution in [2.24, 2.45) is 22.9 Å². The van der Waals surface area contributed by atoms with Gasteiger partial charge in [0, 0.05) is 23.5 Å². The van der Waals surface area contributed by atoms with Gasteiger partial charge in [-0.3, -0.25) is 0 Å². The molecule has 0 radical (unpaired) electrons. The van der Waals surface area contributed by atoms with Gasteiger partial charge < -0.3 is 19.5 Å². The number of halogens is 1. The Hall–Kier alpha value is -2.59. The lowest BCUT2D eigenvalue weighted by Gasteiger charge is -2.45. The van der Waals surface area contributed by atoms with Crippen LogP contribution < -0.4 is 14.8 Å². The van der Waals surface area contributed by atoms with Crippen LogP contribution in [0.3, 0.4) is 0 Å². The number of hydrogen-bond acceptors (Lipinski definition) is 7. The number of nitrogens with two attached hydrogens (primary N) is 1. The Morgan fingerprint density at radius 2 is 2.09 bits per heavy atom. The van der Waals surface area contributed by atoms with Crippen LogP contribution in [0.1, 0.15) is 80.3 Å². The normalized spacial score (nSPS) is 24.2. The molecule has 1 saturated carbocycles. The molecule has 0 saturated heterocycles. The SMILES string of the molecule is CCCCOC(=O)c1ccc2c(c1)N(C[C@@H]1CC[C@H]1C(O)/C=C/CC(C)CS(N)(=O)=O)CC1(CCCc3cc(Cl)ccc31)CO2. The molecule has 8 nitrogen and oxygen atoms in total. The Kier molecular flexibility index (Phi) is 10.8. The Balaban J connectivity index is 1.39. The molecule has 1 heterocycles. The second-order valence-corrected chi connectivity index (χ2v) is 15.5. The van der Waals surface area contributed by atoms with E-state index >= 15 is 0 Å². The molecule has 2 aromatic rings. The number of carbonyl (C=O) groups is 1. The van der Waals surface area contributed by atoms with Gasteiger partial charge in [0.15, 0.2) is 0 Å². The topological polar surface area (TPSA) is 119 Å². The van der Waals surface area contributed by atoms with Crippen molar-refractivity contribution in [1.82, 2.24) is 0 Å². The van der Waals surface area contributed by atoms with Gasteiger partial charge in [-0.2, -0.15) is 0 Å².